The van der Waals surface area contributed by atoms with Crippen LogP contribution in [-0.2, 0) is 11.2 Å². The van der Waals surface area contributed by atoms with Gasteiger partial charge in [-0.2, -0.15) is 0 Å². The maximum Gasteiger partial charge on any atom is 0.224 e. The number of piperazine rings is 1. The highest BCUT2D eigenvalue weighted by atomic mass is 32.1. The van der Waals surface area contributed by atoms with E-state index in [4.69, 9.17) is 14.5 Å². The fraction of sp³-hybridized carbons (Fsp3) is 0.391. The molecule has 164 valence electrons. The first-order valence-electron chi connectivity index (χ1n) is 10.5. The number of aromatic nitrogens is 1. The summed E-state index contributed by atoms with van der Waals surface area (Å²) in [7, 11) is 3.34. The highest BCUT2D eigenvalue weighted by Gasteiger charge is 2.22. The standard InChI is InChI=1S/C23H28N4O3S/c1-29-18-8-9-19(30-2)22-21(18)25-23(31-22)27-14-12-26(13-15-27)11-10-24-20(28)16-17-6-4-3-5-7-17/h3-9H,10-16H2,1-2H3,(H,24,28). The van der Waals surface area contributed by atoms with E-state index >= 15 is 0 Å². The van der Waals surface area contributed by atoms with Crippen molar-refractivity contribution in [3.8, 4) is 11.5 Å². The van der Waals surface area contributed by atoms with Crippen molar-refractivity contribution in [2.24, 2.45) is 0 Å². The van der Waals surface area contributed by atoms with Crippen LogP contribution < -0.4 is 19.7 Å². The lowest BCUT2D eigenvalue weighted by Crippen LogP contribution is -2.48. The summed E-state index contributed by atoms with van der Waals surface area (Å²) in [5.41, 5.74) is 1.89. The van der Waals surface area contributed by atoms with Crippen LogP contribution in [0.4, 0.5) is 5.13 Å². The summed E-state index contributed by atoms with van der Waals surface area (Å²) in [4.78, 5) is 21.6. The smallest absolute Gasteiger partial charge is 0.224 e. The largest absolute Gasteiger partial charge is 0.495 e. The van der Waals surface area contributed by atoms with Crippen molar-refractivity contribution < 1.29 is 14.3 Å². The molecule has 0 atom stereocenters. The second-order valence-corrected chi connectivity index (χ2v) is 8.46. The van der Waals surface area contributed by atoms with Crippen LogP contribution in [0.3, 0.4) is 0 Å². The van der Waals surface area contributed by atoms with Gasteiger partial charge in [0.15, 0.2) is 5.13 Å². The van der Waals surface area contributed by atoms with Gasteiger partial charge in [0.25, 0.3) is 0 Å². The van der Waals surface area contributed by atoms with Gasteiger partial charge in [-0.1, -0.05) is 41.7 Å². The quantitative estimate of drug-likeness (QED) is 0.581. The fourth-order valence-electron chi connectivity index (χ4n) is 3.77. The molecule has 2 heterocycles. The molecule has 0 radical (unpaired) electrons. The number of fused-ring (bicyclic) bond motifs is 1. The van der Waals surface area contributed by atoms with Gasteiger partial charge in [-0.05, 0) is 17.7 Å². The Labute approximate surface area is 186 Å². The number of nitrogens with one attached hydrogen (secondary N) is 1. The summed E-state index contributed by atoms with van der Waals surface area (Å²) in [5.74, 6) is 1.66. The van der Waals surface area contributed by atoms with Crippen LogP contribution in [0, 0.1) is 0 Å². The van der Waals surface area contributed by atoms with Gasteiger partial charge in [0.2, 0.25) is 5.91 Å². The number of anilines is 1. The summed E-state index contributed by atoms with van der Waals surface area (Å²) in [6.07, 6.45) is 0.430. The number of carbonyl (C=O) groups is 1. The van der Waals surface area contributed by atoms with E-state index < -0.39 is 0 Å². The molecule has 0 spiro atoms. The van der Waals surface area contributed by atoms with E-state index in [1.54, 1.807) is 25.6 Å². The minimum Gasteiger partial charge on any atom is -0.495 e. The maximum atomic E-state index is 12.1. The van der Waals surface area contributed by atoms with Crippen LogP contribution >= 0.6 is 11.3 Å². The van der Waals surface area contributed by atoms with E-state index in [1.165, 1.54) is 0 Å². The van der Waals surface area contributed by atoms with Crippen LogP contribution in [0.2, 0.25) is 0 Å². The number of benzene rings is 2. The molecule has 7 nitrogen and oxygen atoms in total. The molecule has 0 saturated carbocycles. The molecule has 31 heavy (non-hydrogen) atoms. The molecule has 4 rings (SSSR count). The van der Waals surface area contributed by atoms with Gasteiger partial charge in [0.05, 0.1) is 20.6 Å². The molecule has 1 aliphatic heterocycles. The molecule has 1 N–H and O–H groups in total. The third-order valence-corrected chi connectivity index (χ3v) is 6.63. The van der Waals surface area contributed by atoms with Crippen molar-refractivity contribution in [1.29, 1.82) is 0 Å². The summed E-state index contributed by atoms with van der Waals surface area (Å²) in [6.45, 7) is 5.22. The molecule has 3 aromatic rings. The molecule has 1 aromatic heterocycles. The lowest BCUT2D eigenvalue weighted by molar-refractivity contribution is -0.120. The molecule has 0 unspecified atom stereocenters. The third-order valence-electron chi connectivity index (χ3n) is 5.50. The zero-order valence-electron chi connectivity index (χ0n) is 18.0. The van der Waals surface area contributed by atoms with Crippen LogP contribution in [0.15, 0.2) is 42.5 Å². The number of thiazole rings is 1. The van der Waals surface area contributed by atoms with Crippen molar-refractivity contribution in [2.45, 2.75) is 6.42 Å². The number of hydrogen-bond donors (Lipinski definition) is 1. The maximum absolute atomic E-state index is 12.1. The molecule has 1 aliphatic rings. The summed E-state index contributed by atoms with van der Waals surface area (Å²) in [5, 5.41) is 4.03. The Kier molecular flexibility index (Phi) is 6.89. The highest BCUT2D eigenvalue weighted by molar-refractivity contribution is 7.22. The predicted octanol–water partition coefficient (Wildman–Crippen LogP) is 2.79. The molecule has 8 heteroatoms. The van der Waals surface area contributed by atoms with E-state index in [2.05, 4.69) is 15.1 Å². The van der Waals surface area contributed by atoms with Gasteiger partial charge in [-0.15, -0.1) is 0 Å². The number of rotatable bonds is 8. The van der Waals surface area contributed by atoms with Gasteiger partial charge >= 0.3 is 0 Å². The SMILES string of the molecule is COc1ccc(OC)c2sc(N3CCN(CCNC(=O)Cc4ccccc4)CC3)nc12. The lowest BCUT2D eigenvalue weighted by atomic mass is 10.1. The molecule has 0 bridgehead atoms. The van der Waals surface area contributed by atoms with Crippen LogP contribution in [0.25, 0.3) is 10.2 Å². The van der Waals surface area contributed by atoms with Crippen LogP contribution in [0.1, 0.15) is 5.56 Å². The molecule has 1 fully saturated rings. The normalized spacial score (nSPS) is 14.6. The van der Waals surface area contributed by atoms with E-state index in [0.29, 0.717) is 13.0 Å². The first-order valence-corrected chi connectivity index (χ1v) is 11.3. The van der Waals surface area contributed by atoms with Gasteiger partial charge < -0.3 is 19.7 Å². The molecule has 1 saturated heterocycles. The number of nitrogens with zero attached hydrogens (tertiary/aromatic N) is 3. The Morgan fingerprint density at radius 3 is 2.45 bits per heavy atom. The Morgan fingerprint density at radius 1 is 1.03 bits per heavy atom. The Balaban J connectivity index is 1.27. The van der Waals surface area contributed by atoms with Crippen molar-refractivity contribution in [3.05, 3.63) is 48.0 Å². The van der Waals surface area contributed by atoms with E-state index in [0.717, 1.165) is 65.1 Å². The second kappa shape index (κ2) is 9.98. The molecule has 2 aromatic carbocycles. The number of carbonyl (C=O) groups excluding carboxylic acids is 1. The first-order chi connectivity index (χ1) is 15.2. The predicted molar refractivity (Wildman–Crippen MR) is 125 cm³/mol. The topological polar surface area (TPSA) is 66.9 Å². The van der Waals surface area contributed by atoms with Crippen molar-refractivity contribution in [2.75, 3.05) is 58.4 Å². The van der Waals surface area contributed by atoms with E-state index in [-0.39, 0.29) is 5.91 Å². The Hall–Kier alpha value is -2.84. The molecule has 1 amide bonds. The third kappa shape index (κ3) is 5.08. The minimum atomic E-state index is 0.0715. The first kappa shape index (κ1) is 21.4. The van der Waals surface area contributed by atoms with Crippen LogP contribution in [0.5, 0.6) is 11.5 Å². The number of hydrogen-bond acceptors (Lipinski definition) is 7. The molecular formula is C23H28N4O3S. The van der Waals surface area contributed by atoms with Gasteiger partial charge in [-0.3, -0.25) is 9.69 Å². The second-order valence-electron chi connectivity index (χ2n) is 7.49. The highest BCUT2D eigenvalue weighted by Crippen LogP contribution is 2.40. The Morgan fingerprint density at radius 2 is 1.74 bits per heavy atom. The summed E-state index contributed by atoms with van der Waals surface area (Å²) >= 11 is 1.64. The van der Waals surface area contributed by atoms with Gasteiger partial charge in [-0.25, -0.2) is 4.98 Å². The van der Waals surface area contributed by atoms with Crippen molar-refractivity contribution in [3.63, 3.8) is 0 Å². The monoisotopic (exact) mass is 440 g/mol. The molecule has 0 aliphatic carbocycles. The molecular weight excluding hydrogens is 412 g/mol. The van der Waals surface area contributed by atoms with E-state index in [9.17, 15) is 4.79 Å². The van der Waals surface area contributed by atoms with E-state index in [1.807, 2.05) is 42.5 Å². The zero-order chi connectivity index (χ0) is 21.6. The van der Waals surface area contributed by atoms with Crippen molar-refractivity contribution >= 4 is 32.6 Å². The van der Waals surface area contributed by atoms with Crippen molar-refractivity contribution in [1.82, 2.24) is 15.2 Å². The lowest BCUT2D eigenvalue weighted by Gasteiger charge is -2.34. The zero-order valence-corrected chi connectivity index (χ0v) is 18.8. The average Bonchev–Trinajstić information content (AvgIpc) is 3.25. The average molecular weight is 441 g/mol. The number of methoxy groups -OCH3 is 2. The number of amides is 1. The fourth-order valence-corrected chi connectivity index (χ4v) is 4.90. The van der Waals surface area contributed by atoms with Gasteiger partial charge in [0.1, 0.15) is 21.7 Å². The summed E-state index contributed by atoms with van der Waals surface area (Å²) in [6, 6.07) is 13.7. The number of ether oxygens (including phenoxy) is 2. The Bertz CT molecular complexity index is 975. The van der Waals surface area contributed by atoms with Gasteiger partial charge in [0, 0.05) is 39.3 Å². The van der Waals surface area contributed by atoms with Crippen LogP contribution in [-0.4, -0.2) is 69.3 Å². The minimum absolute atomic E-state index is 0.0715. The summed E-state index contributed by atoms with van der Waals surface area (Å²) < 4.78 is 12.0.